The quantitative estimate of drug-likeness (QED) is 0.851. The minimum Gasteiger partial charge on any atom is -0.394 e. The Hall–Kier alpha value is -1.62. The van der Waals surface area contributed by atoms with Gasteiger partial charge < -0.3 is 11.1 Å². The third kappa shape index (κ3) is 2.70. The van der Waals surface area contributed by atoms with E-state index in [0.29, 0.717) is 17.5 Å². The van der Waals surface area contributed by atoms with E-state index < -0.39 is 0 Å². The lowest BCUT2D eigenvalue weighted by Crippen LogP contribution is -2.19. The van der Waals surface area contributed by atoms with Gasteiger partial charge in [-0.1, -0.05) is 6.07 Å². The molecule has 0 saturated heterocycles. The summed E-state index contributed by atoms with van der Waals surface area (Å²) in [6.45, 7) is 2.11. The normalized spacial score (nSPS) is 12.3. The summed E-state index contributed by atoms with van der Waals surface area (Å²) >= 11 is 1.76. The number of nitrogen functional groups attached to an aromatic ring is 1. The molecule has 0 fully saturated rings. The van der Waals surface area contributed by atoms with Crippen molar-refractivity contribution in [3.05, 3.63) is 34.9 Å². The van der Waals surface area contributed by atoms with Crippen molar-refractivity contribution in [2.45, 2.75) is 19.4 Å². The third-order valence-corrected chi connectivity index (χ3v) is 3.11. The molecule has 84 valence electrons. The fourth-order valence-electron chi connectivity index (χ4n) is 1.48. The first-order valence-electron chi connectivity index (χ1n) is 5.10. The first-order valence-corrected chi connectivity index (χ1v) is 5.98. The monoisotopic (exact) mass is 234 g/mol. The standard InChI is InChI=1S/C11H14N4S/c1-8(5-9-3-2-4-16-9)15-11-10(12)6-13-7-14-11/h2-4,6-8H,5,12H2,1H3,(H,13,14,15). The highest BCUT2D eigenvalue weighted by Gasteiger charge is 2.07. The summed E-state index contributed by atoms with van der Waals surface area (Å²) < 4.78 is 0. The van der Waals surface area contributed by atoms with Gasteiger partial charge in [0, 0.05) is 17.3 Å². The average molecular weight is 234 g/mol. The fourth-order valence-corrected chi connectivity index (χ4v) is 2.31. The van der Waals surface area contributed by atoms with Gasteiger partial charge in [0.05, 0.1) is 11.9 Å². The van der Waals surface area contributed by atoms with E-state index in [1.54, 1.807) is 17.5 Å². The molecule has 0 spiro atoms. The smallest absolute Gasteiger partial charge is 0.152 e. The molecule has 0 bridgehead atoms. The molecule has 1 atom stereocenters. The second-order valence-electron chi connectivity index (χ2n) is 3.66. The fraction of sp³-hybridized carbons (Fsp3) is 0.273. The molecule has 0 aliphatic heterocycles. The molecule has 16 heavy (non-hydrogen) atoms. The maximum atomic E-state index is 5.76. The van der Waals surface area contributed by atoms with Crippen LogP contribution < -0.4 is 11.1 Å². The Labute approximate surface area is 98.6 Å². The number of hydrogen-bond donors (Lipinski definition) is 2. The van der Waals surface area contributed by atoms with Crippen LogP contribution in [0.3, 0.4) is 0 Å². The van der Waals surface area contributed by atoms with Crippen molar-refractivity contribution < 1.29 is 0 Å². The molecule has 5 heteroatoms. The number of hydrogen-bond acceptors (Lipinski definition) is 5. The van der Waals surface area contributed by atoms with Crippen molar-refractivity contribution in [3.8, 4) is 0 Å². The van der Waals surface area contributed by atoms with Gasteiger partial charge in [-0.05, 0) is 18.4 Å². The predicted octanol–water partition coefficient (Wildman–Crippen LogP) is 2.16. The summed E-state index contributed by atoms with van der Waals surface area (Å²) in [6.07, 6.45) is 4.07. The molecule has 0 aromatic carbocycles. The Morgan fingerprint density at radius 3 is 3.12 bits per heavy atom. The Morgan fingerprint density at radius 2 is 2.44 bits per heavy atom. The van der Waals surface area contributed by atoms with Crippen molar-refractivity contribution >= 4 is 22.8 Å². The minimum absolute atomic E-state index is 0.302. The van der Waals surface area contributed by atoms with Gasteiger partial charge in [0.1, 0.15) is 6.33 Å². The van der Waals surface area contributed by atoms with Crippen LogP contribution in [0.1, 0.15) is 11.8 Å². The van der Waals surface area contributed by atoms with E-state index >= 15 is 0 Å². The van der Waals surface area contributed by atoms with E-state index in [2.05, 4.69) is 39.7 Å². The summed E-state index contributed by atoms with van der Waals surface area (Å²) in [7, 11) is 0. The Morgan fingerprint density at radius 1 is 1.56 bits per heavy atom. The second-order valence-corrected chi connectivity index (χ2v) is 4.69. The molecule has 0 aliphatic rings. The molecule has 0 radical (unpaired) electrons. The van der Waals surface area contributed by atoms with Crippen LogP contribution in [0, 0.1) is 0 Å². The van der Waals surface area contributed by atoms with Gasteiger partial charge in [-0.25, -0.2) is 9.97 Å². The topological polar surface area (TPSA) is 63.8 Å². The first kappa shape index (κ1) is 10.9. The number of nitrogens with two attached hydrogens (primary N) is 1. The van der Waals surface area contributed by atoms with Gasteiger partial charge in [-0.3, -0.25) is 0 Å². The van der Waals surface area contributed by atoms with Crippen molar-refractivity contribution in [3.63, 3.8) is 0 Å². The second kappa shape index (κ2) is 4.94. The maximum absolute atomic E-state index is 5.76. The van der Waals surface area contributed by atoms with Crippen LogP contribution in [0.4, 0.5) is 11.5 Å². The number of nitrogens with zero attached hydrogens (tertiary/aromatic N) is 2. The van der Waals surface area contributed by atoms with E-state index in [-0.39, 0.29) is 0 Å². The molecule has 2 heterocycles. The van der Waals surface area contributed by atoms with Crippen molar-refractivity contribution in [2.75, 3.05) is 11.1 Å². The molecule has 2 rings (SSSR count). The molecule has 4 nitrogen and oxygen atoms in total. The van der Waals surface area contributed by atoms with Crippen LogP contribution in [0.15, 0.2) is 30.0 Å². The van der Waals surface area contributed by atoms with E-state index in [0.717, 1.165) is 6.42 Å². The van der Waals surface area contributed by atoms with Crippen LogP contribution in [0.5, 0.6) is 0 Å². The Kier molecular flexibility index (Phi) is 3.36. The van der Waals surface area contributed by atoms with E-state index in [1.807, 2.05) is 0 Å². The molecule has 2 aromatic heterocycles. The highest BCUT2D eigenvalue weighted by Crippen LogP contribution is 2.16. The summed E-state index contributed by atoms with van der Waals surface area (Å²) in [5.74, 6) is 0.707. The number of anilines is 2. The zero-order valence-electron chi connectivity index (χ0n) is 9.05. The first-order chi connectivity index (χ1) is 7.75. The van der Waals surface area contributed by atoms with E-state index in [1.165, 1.54) is 11.2 Å². The summed E-state index contributed by atoms with van der Waals surface area (Å²) in [6, 6.07) is 4.49. The van der Waals surface area contributed by atoms with Crippen molar-refractivity contribution in [2.24, 2.45) is 0 Å². The van der Waals surface area contributed by atoms with Crippen LogP contribution >= 0.6 is 11.3 Å². The van der Waals surface area contributed by atoms with Gasteiger partial charge in [0.2, 0.25) is 0 Å². The van der Waals surface area contributed by atoms with Crippen molar-refractivity contribution in [1.82, 2.24) is 9.97 Å². The molecular weight excluding hydrogens is 220 g/mol. The average Bonchev–Trinajstić information content (AvgIpc) is 2.74. The van der Waals surface area contributed by atoms with Crippen LogP contribution in [0.25, 0.3) is 0 Å². The Bertz CT molecular complexity index is 441. The lowest BCUT2D eigenvalue weighted by molar-refractivity contribution is 0.794. The van der Waals surface area contributed by atoms with Gasteiger partial charge in [0.15, 0.2) is 5.82 Å². The summed E-state index contributed by atoms with van der Waals surface area (Å²) in [4.78, 5) is 9.31. The molecule has 0 amide bonds. The largest absolute Gasteiger partial charge is 0.394 e. The molecule has 1 unspecified atom stereocenters. The van der Waals surface area contributed by atoms with Gasteiger partial charge >= 0.3 is 0 Å². The number of aromatic nitrogens is 2. The van der Waals surface area contributed by atoms with Gasteiger partial charge in [0.25, 0.3) is 0 Å². The number of rotatable bonds is 4. The minimum atomic E-state index is 0.302. The lowest BCUT2D eigenvalue weighted by atomic mass is 10.2. The Balaban J connectivity index is 1.97. The number of nitrogens with one attached hydrogen (secondary N) is 1. The molecular formula is C11H14N4S. The SMILES string of the molecule is CC(Cc1cccs1)Nc1ncncc1N. The highest BCUT2D eigenvalue weighted by molar-refractivity contribution is 7.09. The summed E-state index contributed by atoms with van der Waals surface area (Å²) in [5.41, 5.74) is 6.34. The highest BCUT2D eigenvalue weighted by atomic mass is 32.1. The van der Waals surface area contributed by atoms with Gasteiger partial charge in [-0.2, -0.15) is 0 Å². The van der Waals surface area contributed by atoms with Crippen LogP contribution in [0.2, 0.25) is 0 Å². The maximum Gasteiger partial charge on any atom is 0.152 e. The van der Waals surface area contributed by atoms with Crippen LogP contribution in [-0.2, 0) is 6.42 Å². The predicted molar refractivity (Wildman–Crippen MR) is 67.6 cm³/mol. The van der Waals surface area contributed by atoms with Gasteiger partial charge in [-0.15, -0.1) is 11.3 Å². The molecule has 2 aromatic rings. The molecule has 3 N–H and O–H groups in total. The zero-order valence-corrected chi connectivity index (χ0v) is 9.87. The summed E-state index contributed by atoms with van der Waals surface area (Å²) in [5, 5.41) is 5.36. The molecule has 0 aliphatic carbocycles. The number of thiophene rings is 1. The molecule has 0 saturated carbocycles. The van der Waals surface area contributed by atoms with Crippen molar-refractivity contribution in [1.29, 1.82) is 0 Å². The third-order valence-electron chi connectivity index (χ3n) is 2.21. The van der Waals surface area contributed by atoms with E-state index in [9.17, 15) is 0 Å². The van der Waals surface area contributed by atoms with E-state index in [4.69, 9.17) is 5.73 Å². The zero-order chi connectivity index (χ0) is 11.4. The lowest BCUT2D eigenvalue weighted by Gasteiger charge is -2.14. The van der Waals surface area contributed by atoms with Crippen LogP contribution in [-0.4, -0.2) is 16.0 Å².